The first-order chi connectivity index (χ1) is 7.43. The second kappa shape index (κ2) is 5.81. The van der Waals surface area contributed by atoms with E-state index in [1.165, 1.54) is 8.66 Å². The van der Waals surface area contributed by atoms with E-state index in [9.17, 15) is 0 Å². The molecule has 0 unspecified atom stereocenters. The maximum Gasteiger partial charge on any atom is 0.0701 e. The highest BCUT2D eigenvalue weighted by molar-refractivity contribution is 9.11. The van der Waals surface area contributed by atoms with Gasteiger partial charge in [-0.05, 0) is 55.4 Å². The van der Waals surface area contributed by atoms with E-state index in [-0.39, 0.29) is 5.41 Å². The lowest BCUT2D eigenvalue weighted by molar-refractivity contribution is 0.258. The molecule has 0 atom stereocenters. The predicted octanol–water partition coefficient (Wildman–Crippen LogP) is 3.53. The van der Waals surface area contributed by atoms with E-state index >= 15 is 0 Å². The van der Waals surface area contributed by atoms with Crippen LogP contribution >= 0.6 is 27.3 Å². The average Bonchev–Trinajstić information content (AvgIpc) is 2.61. The smallest absolute Gasteiger partial charge is 0.0701 e. The van der Waals surface area contributed by atoms with Crippen LogP contribution in [-0.4, -0.2) is 25.0 Å². The van der Waals surface area contributed by atoms with Crippen molar-refractivity contribution in [1.82, 2.24) is 4.90 Å². The molecule has 1 rings (SSSR count). The summed E-state index contributed by atoms with van der Waals surface area (Å²) in [6, 6.07) is 6.56. The van der Waals surface area contributed by atoms with Gasteiger partial charge in [-0.25, -0.2) is 0 Å². The van der Waals surface area contributed by atoms with Gasteiger partial charge >= 0.3 is 0 Å². The fraction of sp³-hybridized carbons (Fsp3) is 0.583. The van der Waals surface area contributed by atoms with Gasteiger partial charge in [-0.2, -0.15) is 5.26 Å². The molecule has 0 saturated carbocycles. The van der Waals surface area contributed by atoms with Crippen molar-refractivity contribution in [3.63, 3.8) is 0 Å². The first-order valence-electron chi connectivity index (χ1n) is 5.27. The van der Waals surface area contributed by atoms with Crippen molar-refractivity contribution in [2.75, 3.05) is 20.1 Å². The Balaban J connectivity index is 2.36. The van der Waals surface area contributed by atoms with Crippen LogP contribution in [0.15, 0.2) is 15.9 Å². The lowest BCUT2D eigenvalue weighted by Crippen LogP contribution is -2.31. The number of nitriles is 1. The lowest BCUT2D eigenvalue weighted by Gasteiger charge is -2.23. The van der Waals surface area contributed by atoms with Crippen LogP contribution in [0.25, 0.3) is 0 Å². The van der Waals surface area contributed by atoms with Crippen LogP contribution in [0.5, 0.6) is 0 Å². The number of nitrogens with zero attached hydrogens (tertiary/aromatic N) is 2. The van der Waals surface area contributed by atoms with Gasteiger partial charge in [0.1, 0.15) is 0 Å². The van der Waals surface area contributed by atoms with Crippen LogP contribution in [0.1, 0.15) is 18.7 Å². The zero-order valence-electron chi connectivity index (χ0n) is 9.96. The standard InChI is InChI=1S/C12H17BrN2S/c1-12(2,8-14)9-15(3)7-6-10-4-5-11(13)16-10/h4-5H,6-7,9H2,1-3H3. The summed E-state index contributed by atoms with van der Waals surface area (Å²) < 4.78 is 1.18. The van der Waals surface area contributed by atoms with Crippen molar-refractivity contribution >= 4 is 27.3 Å². The number of hydrogen-bond acceptors (Lipinski definition) is 3. The van der Waals surface area contributed by atoms with Crippen molar-refractivity contribution in [1.29, 1.82) is 5.26 Å². The van der Waals surface area contributed by atoms with Gasteiger partial charge in [0.2, 0.25) is 0 Å². The molecule has 0 N–H and O–H groups in total. The molecule has 1 aromatic heterocycles. The molecule has 0 amide bonds. The Morgan fingerprint density at radius 3 is 2.69 bits per heavy atom. The highest BCUT2D eigenvalue weighted by Gasteiger charge is 2.18. The molecule has 1 heterocycles. The summed E-state index contributed by atoms with van der Waals surface area (Å²) in [4.78, 5) is 3.60. The summed E-state index contributed by atoms with van der Waals surface area (Å²) in [5.74, 6) is 0. The molecule has 0 bridgehead atoms. The van der Waals surface area contributed by atoms with Crippen molar-refractivity contribution in [3.8, 4) is 6.07 Å². The Morgan fingerprint density at radius 1 is 1.50 bits per heavy atom. The summed E-state index contributed by atoms with van der Waals surface area (Å²) in [5, 5.41) is 8.95. The molecule has 0 aliphatic rings. The first kappa shape index (κ1) is 13.7. The van der Waals surface area contributed by atoms with E-state index in [2.05, 4.69) is 46.1 Å². The number of likely N-dealkylation sites (N-methyl/N-ethyl adjacent to an activating group) is 1. The largest absolute Gasteiger partial charge is 0.304 e. The van der Waals surface area contributed by atoms with Crippen LogP contribution in [0.4, 0.5) is 0 Å². The van der Waals surface area contributed by atoms with Gasteiger partial charge in [-0.3, -0.25) is 0 Å². The fourth-order valence-electron chi connectivity index (χ4n) is 1.58. The van der Waals surface area contributed by atoms with Gasteiger partial charge in [0, 0.05) is 18.0 Å². The number of hydrogen-bond donors (Lipinski definition) is 0. The first-order valence-corrected chi connectivity index (χ1v) is 6.88. The van der Waals surface area contributed by atoms with Crippen LogP contribution in [-0.2, 0) is 6.42 Å². The second-order valence-electron chi connectivity index (χ2n) is 4.69. The summed E-state index contributed by atoms with van der Waals surface area (Å²) >= 11 is 5.24. The summed E-state index contributed by atoms with van der Waals surface area (Å²) in [5.41, 5.74) is -0.259. The van der Waals surface area contributed by atoms with Gasteiger partial charge < -0.3 is 4.90 Å². The topological polar surface area (TPSA) is 27.0 Å². The molecule has 88 valence electrons. The number of thiophene rings is 1. The summed E-state index contributed by atoms with van der Waals surface area (Å²) in [7, 11) is 2.07. The molecule has 0 spiro atoms. The zero-order valence-corrected chi connectivity index (χ0v) is 12.4. The Labute approximate surface area is 110 Å². The SMILES string of the molecule is CN(CCc1ccc(Br)s1)CC(C)(C)C#N. The van der Waals surface area contributed by atoms with Gasteiger partial charge in [-0.1, -0.05) is 0 Å². The minimum absolute atomic E-state index is 0.259. The molecule has 0 saturated heterocycles. The van der Waals surface area contributed by atoms with Crippen LogP contribution in [0, 0.1) is 16.7 Å². The summed E-state index contributed by atoms with van der Waals surface area (Å²) in [6.07, 6.45) is 1.05. The third-order valence-corrected chi connectivity index (χ3v) is 4.02. The molecule has 16 heavy (non-hydrogen) atoms. The van der Waals surface area contributed by atoms with E-state index in [1.54, 1.807) is 11.3 Å². The number of halogens is 1. The van der Waals surface area contributed by atoms with Crippen molar-refractivity contribution in [3.05, 3.63) is 20.8 Å². The van der Waals surface area contributed by atoms with Gasteiger partial charge in [-0.15, -0.1) is 11.3 Å². The molecule has 0 fully saturated rings. The normalized spacial score (nSPS) is 11.8. The van der Waals surface area contributed by atoms with Crippen LogP contribution in [0.2, 0.25) is 0 Å². The second-order valence-corrected chi connectivity index (χ2v) is 7.24. The molecule has 0 aliphatic carbocycles. The van der Waals surface area contributed by atoms with Gasteiger partial charge in [0.05, 0.1) is 15.3 Å². The molecule has 0 aromatic carbocycles. The summed E-state index contributed by atoms with van der Waals surface area (Å²) in [6.45, 7) is 5.77. The van der Waals surface area contributed by atoms with Crippen LogP contribution in [0.3, 0.4) is 0 Å². The molecular weight excluding hydrogens is 284 g/mol. The third-order valence-electron chi connectivity index (χ3n) is 2.34. The van der Waals surface area contributed by atoms with E-state index < -0.39 is 0 Å². The minimum atomic E-state index is -0.259. The number of rotatable bonds is 5. The highest BCUT2D eigenvalue weighted by Crippen LogP contribution is 2.22. The molecule has 0 radical (unpaired) electrons. The minimum Gasteiger partial charge on any atom is -0.304 e. The molecule has 1 aromatic rings. The van der Waals surface area contributed by atoms with Gasteiger partial charge in [0.15, 0.2) is 0 Å². The maximum atomic E-state index is 8.95. The third kappa shape index (κ3) is 4.65. The molecular formula is C12H17BrN2S. The van der Waals surface area contributed by atoms with Gasteiger partial charge in [0.25, 0.3) is 0 Å². The fourth-order valence-corrected chi connectivity index (χ4v) is 3.05. The Hall–Kier alpha value is -0.370. The average molecular weight is 301 g/mol. The Bertz CT molecular complexity index is 379. The Kier molecular flexibility index (Phi) is 4.97. The lowest BCUT2D eigenvalue weighted by atomic mass is 9.95. The van der Waals surface area contributed by atoms with Crippen molar-refractivity contribution in [2.24, 2.45) is 5.41 Å². The van der Waals surface area contributed by atoms with E-state index in [1.807, 2.05) is 13.8 Å². The molecule has 2 nitrogen and oxygen atoms in total. The van der Waals surface area contributed by atoms with Crippen molar-refractivity contribution in [2.45, 2.75) is 20.3 Å². The van der Waals surface area contributed by atoms with E-state index in [4.69, 9.17) is 5.26 Å². The van der Waals surface area contributed by atoms with E-state index in [0.29, 0.717) is 0 Å². The highest BCUT2D eigenvalue weighted by atomic mass is 79.9. The predicted molar refractivity (Wildman–Crippen MR) is 72.6 cm³/mol. The zero-order chi connectivity index (χ0) is 12.2. The monoisotopic (exact) mass is 300 g/mol. The maximum absolute atomic E-state index is 8.95. The van der Waals surface area contributed by atoms with E-state index in [0.717, 1.165) is 19.5 Å². The van der Waals surface area contributed by atoms with Crippen molar-refractivity contribution < 1.29 is 0 Å². The Morgan fingerprint density at radius 2 is 2.19 bits per heavy atom. The molecule has 0 aliphatic heterocycles. The van der Waals surface area contributed by atoms with Crippen LogP contribution < -0.4 is 0 Å². The quantitative estimate of drug-likeness (QED) is 0.832. The molecule has 4 heteroatoms.